The summed E-state index contributed by atoms with van der Waals surface area (Å²) in [7, 11) is 0. The first kappa shape index (κ1) is 14.0. The summed E-state index contributed by atoms with van der Waals surface area (Å²) in [5, 5.41) is 3.40. The molecule has 0 saturated heterocycles. The highest BCUT2D eigenvalue weighted by Crippen LogP contribution is 2.19. The fraction of sp³-hybridized carbons (Fsp3) is 0.600. The molecule has 1 rings (SSSR count). The molecule has 1 aromatic rings. The number of rotatable bonds is 7. The van der Waals surface area contributed by atoms with Crippen LogP contribution in [0.15, 0.2) is 24.3 Å². The van der Waals surface area contributed by atoms with Crippen LogP contribution in [0.1, 0.15) is 52.1 Å². The predicted octanol–water partition coefficient (Wildman–Crippen LogP) is 3.92. The molecule has 0 aliphatic carbocycles. The lowest BCUT2D eigenvalue weighted by molar-refractivity contribution is 0.193. The molecule has 17 heavy (non-hydrogen) atoms. The zero-order valence-electron chi connectivity index (χ0n) is 11.5. The third kappa shape index (κ3) is 4.39. The lowest BCUT2D eigenvalue weighted by atomic mass is 10.1. The molecule has 0 radical (unpaired) electrons. The Kier molecular flexibility index (Phi) is 6.06. The highest BCUT2D eigenvalue weighted by molar-refractivity contribution is 5.29. The molecule has 1 atom stereocenters. The largest absolute Gasteiger partial charge is 0.490 e. The minimum Gasteiger partial charge on any atom is -0.490 e. The monoisotopic (exact) mass is 235 g/mol. The highest BCUT2D eigenvalue weighted by atomic mass is 16.5. The first-order valence-corrected chi connectivity index (χ1v) is 6.71. The molecule has 0 saturated carbocycles. The third-order valence-corrected chi connectivity index (χ3v) is 3.10. The first-order chi connectivity index (χ1) is 8.21. The van der Waals surface area contributed by atoms with Crippen molar-refractivity contribution in [2.45, 2.75) is 52.7 Å². The predicted molar refractivity (Wildman–Crippen MR) is 73.5 cm³/mol. The summed E-state index contributed by atoms with van der Waals surface area (Å²) in [6.07, 6.45) is 2.46. The Hall–Kier alpha value is -1.02. The number of hydrogen-bond donors (Lipinski definition) is 1. The fourth-order valence-corrected chi connectivity index (χ4v) is 1.91. The van der Waals surface area contributed by atoms with Gasteiger partial charge in [0.1, 0.15) is 5.75 Å². The van der Waals surface area contributed by atoms with Crippen LogP contribution >= 0.6 is 0 Å². The number of ether oxygens (including phenoxy) is 1. The zero-order chi connectivity index (χ0) is 12.7. The van der Waals surface area contributed by atoms with Crippen LogP contribution in [-0.4, -0.2) is 12.6 Å². The Morgan fingerprint density at radius 2 is 1.65 bits per heavy atom. The molecular formula is C15H25NO. The highest BCUT2D eigenvalue weighted by Gasteiger charge is 2.06. The lowest BCUT2D eigenvalue weighted by Crippen LogP contribution is -2.17. The van der Waals surface area contributed by atoms with Crippen molar-refractivity contribution in [1.82, 2.24) is 5.32 Å². The van der Waals surface area contributed by atoms with Crippen molar-refractivity contribution in [1.29, 1.82) is 0 Å². The average Bonchev–Trinajstić information content (AvgIpc) is 2.37. The molecule has 0 aliphatic rings. The fourth-order valence-electron chi connectivity index (χ4n) is 1.91. The van der Waals surface area contributed by atoms with Crippen LogP contribution in [0.3, 0.4) is 0 Å². The summed E-state index contributed by atoms with van der Waals surface area (Å²) in [4.78, 5) is 0. The molecule has 0 heterocycles. The van der Waals surface area contributed by atoms with Crippen molar-refractivity contribution in [3.05, 3.63) is 29.8 Å². The minimum absolute atomic E-state index is 0.340. The molecule has 0 amide bonds. The van der Waals surface area contributed by atoms with Crippen LogP contribution in [0, 0.1) is 0 Å². The minimum atomic E-state index is 0.340. The maximum atomic E-state index is 5.89. The zero-order valence-corrected chi connectivity index (χ0v) is 11.5. The van der Waals surface area contributed by atoms with Gasteiger partial charge in [0.25, 0.3) is 0 Å². The van der Waals surface area contributed by atoms with E-state index in [-0.39, 0.29) is 0 Å². The second-order valence-electron chi connectivity index (χ2n) is 4.40. The van der Waals surface area contributed by atoms with Gasteiger partial charge in [-0.15, -0.1) is 0 Å². The molecule has 0 aliphatic heterocycles. The summed E-state index contributed by atoms with van der Waals surface area (Å²) >= 11 is 0. The molecule has 1 unspecified atom stereocenters. The van der Waals surface area contributed by atoms with Crippen LogP contribution in [0.2, 0.25) is 0 Å². The molecule has 2 heteroatoms. The van der Waals surface area contributed by atoms with Gasteiger partial charge < -0.3 is 10.1 Å². The van der Waals surface area contributed by atoms with Gasteiger partial charge in [-0.2, -0.15) is 0 Å². The normalized spacial score (nSPS) is 12.8. The molecule has 1 aromatic carbocycles. The SMILES string of the molecule is CCNC(C)c1ccc(OC(CC)CC)cc1. The van der Waals surface area contributed by atoms with Gasteiger partial charge >= 0.3 is 0 Å². The van der Waals surface area contributed by atoms with Gasteiger partial charge in [-0.3, -0.25) is 0 Å². The Morgan fingerprint density at radius 1 is 1.06 bits per heavy atom. The van der Waals surface area contributed by atoms with E-state index in [1.165, 1.54) is 5.56 Å². The molecular weight excluding hydrogens is 210 g/mol. The van der Waals surface area contributed by atoms with E-state index in [1.54, 1.807) is 0 Å². The van der Waals surface area contributed by atoms with Crippen LogP contribution in [0.4, 0.5) is 0 Å². The van der Waals surface area contributed by atoms with Crippen molar-refractivity contribution in [3.8, 4) is 5.75 Å². The van der Waals surface area contributed by atoms with Gasteiger partial charge in [-0.05, 0) is 44.0 Å². The molecule has 2 nitrogen and oxygen atoms in total. The second kappa shape index (κ2) is 7.33. The van der Waals surface area contributed by atoms with E-state index in [1.807, 2.05) is 0 Å². The van der Waals surface area contributed by atoms with Crippen LogP contribution in [-0.2, 0) is 0 Å². The van der Waals surface area contributed by atoms with E-state index >= 15 is 0 Å². The third-order valence-electron chi connectivity index (χ3n) is 3.10. The topological polar surface area (TPSA) is 21.3 Å². The Morgan fingerprint density at radius 3 is 2.12 bits per heavy atom. The molecule has 0 fully saturated rings. The average molecular weight is 235 g/mol. The number of nitrogens with one attached hydrogen (secondary N) is 1. The van der Waals surface area contributed by atoms with Crippen LogP contribution in [0.5, 0.6) is 5.75 Å². The Balaban J connectivity index is 2.61. The van der Waals surface area contributed by atoms with E-state index < -0.39 is 0 Å². The summed E-state index contributed by atoms with van der Waals surface area (Å²) < 4.78 is 5.89. The van der Waals surface area contributed by atoms with E-state index in [0.29, 0.717) is 12.1 Å². The Labute approximate surface area is 105 Å². The quantitative estimate of drug-likeness (QED) is 0.773. The summed E-state index contributed by atoms with van der Waals surface area (Å²) in [5.41, 5.74) is 1.31. The van der Waals surface area contributed by atoms with E-state index in [4.69, 9.17) is 4.74 Å². The van der Waals surface area contributed by atoms with Crippen molar-refractivity contribution in [2.75, 3.05) is 6.54 Å². The molecule has 0 spiro atoms. The summed E-state index contributed by atoms with van der Waals surface area (Å²) in [6, 6.07) is 8.83. The van der Waals surface area contributed by atoms with E-state index in [2.05, 4.69) is 57.3 Å². The maximum absolute atomic E-state index is 5.89. The molecule has 96 valence electrons. The van der Waals surface area contributed by atoms with Gasteiger partial charge in [0.15, 0.2) is 0 Å². The summed E-state index contributed by atoms with van der Waals surface area (Å²) in [6.45, 7) is 9.63. The Bertz CT molecular complexity index is 303. The van der Waals surface area contributed by atoms with Gasteiger partial charge in [-0.25, -0.2) is 0 Å². The van der Waals surface area contributed by atoms with E-state index in [9.17, 15) is 0 Å². The van der Waals surface area contributed by atoms with E-state index in [0.717, 1.165) is 25.1 Å². The van der Waals surface area contributed by atoms with Crippen LogP contribution in [0.25, 0.3) is 0 Å². The maximum Gasteiger partial charge on any atom is 0.119 e. The second-order valence-corrected chi connectivity index (χ2v) is 4.40. The smallest absolute Gasteiger partial charge is 0.119 e. The van der Waals surface area contributed by atoms with Crippen LogP contribution < -0.4 is 10.1 Å². The van der Waals surface area contributed by atoms with Gasteiger partial charge in [-0.1, -0.05) is 32.9 Å². The van der Waals surface area contributed by atoms with Gasteiger partial charge in [0, 0.05) is 6.04 Å². The lowest BCUT2D eigenvalue weighted by Gasteiger charge is -2.17. The molecule has 1 N–H and O–H groups in total. The molecule has 0 aromatic heterocycles. The van der Waals surface area contributed by atoms with Gasteiger partial charge in [0.05, 0.1) is 6.10 Å². The van der Waals surface area contributed by atoms with Crippen molar-refractivity contribution < 1.29 is 4.74 Å². The van der Waals surface area contributed by atoms with Crippen molar-refractivity contribution in [3.63, 3.8) is 0 Å². The van der Waals surface area contributed by atoms with Crippen molar-refractivity contribution >= 4 is 0 Å². The van der Waals surface area contributed by atoms with Gasteiger partial charge in [0.2, 0.25) is 0 Å². The first-order valence-electron chi connectivity index (χ1n) is 6.71. The van der Waals surface area contributed by atoms with Crippen molar-refractivity contribution in [2.24, 2.45) is 0 Å². The standard InChI is InChI=1S/C15H25NO/c1-5-14(6-2)17-15-10-8-13(9-11-15)12(4)16-7-3/h8-12,14,16H,5-7H2,1-4H3. The summed E-state index contributed by atoms with van der Waals surface area (Å²) in [5.74, 6) is 0.978. The number of hydrogen-bond acceptors (Lipinski definition) is 2. The molecule has 0 bridgehead atoms. The number of benzene rings is 1.